The smallest absolute Gasteiger partial charge is 0.224 e. The highest BCUT2D eigenvalue weighted by Gasteiger charge is 2.36. The van der Waals surface area contributed by atoms with Gasteiger partial charge in [0.1, 0.15) is 0 Å². The van der Waals surface area contributed by atoms with Crippen molar-refractivity contribution in [2.24, 2.45) is 5.73 Å². The van der Waals surface area contributed by atoms with Crippen molar-refractivity contribution in [2.45, 2.75) is 44.3 Å². The number of nitrogens with two attached hydrogens (primary N) is 1. The van der Waals surface area contributed by atoms with Crippen molar-refractivity contribution >= 4 is 30.7 Å². The molecule has 1 aromatic carbocycles. The lowest BCUT2D eigenvalue weighted by molar-refractivity contribution is -0.137. The lowest BCUT2D eigenvalue weighted by atomic mass is 10.0. The molecule has 3 unspecified atom stereocenters. The number of hydrogen-bond acceptors (Lipinski definition) is 3. The van der Waals surface area contributed by atoms with Gasteiger partial charge < -0.3 is 10.6 Å². The minimum absolute atomic E-state index is 0. The Morgan fingerprint density at radius 1 is 1.26 bits per heavy atom. The summed E-state index contributed by atoms with van der Waals surface area (Å²) in [7, 11) is 0. The van der Waals surface area contributed by atoms with E-state index in [2.05, 4.69) is 16.7 Å². The Balaban J connectivity index is 0.00000132. The minimum Gasteiger partial charge on any atom is -0.337 e. The molecule has 2 aliphatic heterocycles. The van der Waals surface area contributed by atoms with Gasteiger partial charge in [0.25, 0.3) is 0 Å². The van der Waals surface area contributed by atoms with E-state index >= 15 is 0 Å². The third-order valence-corrected chi connectivity index (χ3v) is 4.88. The maximum Gasteiger partial charge on any atom is 0.224 e. The van der Waals surface area contributed by atoms with Gasteiger partial charge in [-0.15, -0.1) is 24.8 Å². The number of hydrogen-bond donors (Lipinski definition) is 1. The Morgan fingerprint density at radius 2 is 1.96 bits per heavy atom. The molecule has 0 saturated carbocycles. The van der Waals surface area contributed by atoms with Crippen molar-refractivity contribution in [3.05, 3.63) is 35.9 Å². The van der Waals surface area contributed by atoms with Crippen molar-refractivity contribution < 1.29 is 4.79 Å². The zero-order valence-electron chi connectivity index (χ0n) is 13.6. The maximum absolute atomic E-state index is 12.6. The fourth-order valence-corrected chi connectivity index (χ4v) is 3.66. The summed E-state index contributed by atoms with van der Waals surface area (Å²) in [5.74, 6) is 0.199. The van der Waals surface area contributed by atoms with Crippen LogP contribution in [0.25, 0.3) is 0 Å². The maximum atomic E-state index is 12.6. The first-order valence-electron chi connectivity index (χ1n) is 7.99. The predicted octanol–water partition coefficient (Wildman–Crippen LogP) is 2.62. The first-order valence-corrected chi connectivity index (χ1v) is 7.99. The number of fused-ring (bicyclic) bond motifs is 1. The molecule has 0 bridgehead atoms. The standard InChI is InChI=1S/C17H25N3O.2ClH/c1-13-11-19-9-5-8-15(19)12-20(13)17(21)10-16(18)14-6-3-2-4-7-14;;/h2-4,6-7,13,15-16H,5,8-12,18H2,1H3;2*1H. The summed E-state index contributed by atoms with van der Waals surface area (Å²) in [5, 5.41) is 0. The Morgan fingerprint density at radius 3 is 2.65 bits per heavy atom. The fourth-order valence-electron chi connectivity index (χ4n) is 3.66. The highest BCUT2D eigenvalue weighted by atomic mass is 35.5. The molecule has 0 spiro atoms. The number of benzene rings is 1. The molecule has 23 heavy (non-hydrogen) atoms. The summed E-state index contributed by atoms with van der Waals surface area (Å²) in [6, 6.07) is 10.6. The summed E-state index contributed by atoms with van der Waals surface area (Å²) in [4.78, 5) is 17.2. The quantitative estimate of drug-likeness (QED) is 0.902. The lowest BCUT2D eigenvalue weighted by Crippen LogP contribution is -2.57. The second-order valence-electron chi connectivity index (χ2n) is 6.41. The van der Waals surface area contributed by atoms with Gasteiger partial charge in [0.15, 0.2) is 0 Å². The fraction of sp³-hybridized carbons (Fsp3) is 0.588. The summed E-state index contributed by atoms with van der Waals surface area (Å²) >= 11 is 0. The monoisotopic (exact) mass is 359 g/mol. The molecule has 2 fully saturated rings. The Labute approximate surface area is 151 Å². The van der Waals surface area contributed by atoms with E-state index < -0.39 is 0 Å². The molecule has 3 atom stereocenters. The van der Waals surface area contributed by atoms with E-state index in [1.807, 2.05) is 30.3 Å². The van der Waals surface area contributed by atoms with Crippen LogP contribution in [0.15, 0.2) is 30.3 Å². The third kappa shape index (κ3) is 4.60. The van der Waals surface area contributed by atoms with Crippen LogP contribution in [-0.2, 0) is 4.79 Å². The van der Waals surface area contributed by atoms with Gasteiger partial charge in [-0.2, -0.15) is 0 Å². The summed E-state index contributed by atoms with van der Waals surface area (Å²) < 4.78 is 0. The average molecular weight is 360 g/mol. The van der Waals surface area contributed by atoms with Gasteiger partial charge in [0.05, 0.1) is 0 Å². The topological polar surface area (TPSA) is 49.6 Å². The minimum atomic E-state index is -0.201. The van der Waals surface area contributed by atoms with Crippen molar-refractivity contribution in [2.75, 3.05) is 19.6 Å². The van der Waals surface area contributed by atoms with Crippen molar-refractivity contribution in [1.82, 2.24) is 9.80 Å². The highest BCUT2D eigenvalue weighted by molar-refractivity contribution is 5.85. The zero-order valence-corrected chi connectivity index (χ0v) is 15.2. The first-order chi connectivity index (χ1) is 10.1. The van der Waals surface area contributed by atoms with Crippen LogP contribution < -0.4 is 5.73 Å². The molecule has 0 aromatic heterocycles. The second-order valence-corrected chi connectivity index (χ2v) is 6.41. The number of carbonyl (C=O) groups excluding carboxylic acids is 1. The van der Waals surface area contributed by atoms with Gasteiger partial charge in [-0.3, -0.25) is 9.69 Å². The number of amides is 1. The van der Waals surface area contributed by atoms with Crippen LogP contribution >= 0.6 is 24.8 Å². The summed E-state index contributed by atoms with van der Waals surface area (Å²) in [6.45, 7) is 5.24. The van der Waals surface area contributed by atoms with Crippen LogP contribution in [-0.4, -0.2) is 47.4 Å². The van der Waals surface area contributed by atoms with E-state index in [0.717, 1.165) is 18.7 Å². The van der Waals surface area contributed by atoms with Crippen molar-refractivity contribution in [3.8, 4) is 0 Å². The number of halogens is 2. The van der Waals surface area contributed by atoms with Gasteiger partial charge in [-0.25, -0.2) is 0 Å². The number of piperazine rings is 1. The number of rotatable bonds is 3. The normalized spacial score (nSPS) is 25.0. The Bertz CT molecular complexity index is 500. The molecule has 2 saturated heterocycles. The van der Waals surface area contributed by atoms with Crippen LogP contribution in [0.3, 0.4) is 0 Å². The molecule has 4 nitrogen and oxygen atoms in total. The molecule has 2 N–H and O–H groups in total. The van der Waals surface area contributed by atoms with Gasteiger partial charge in [0, 0.05) is 37.6 Å². The molecule has 0 aliphatic carbocycles. The van der Waals surface area contributed by atoms with Gasteiger partial charge >= 0.3 is 0 Å². The van der Waals surface area contributed by atoms with E-state index in [-0.39, 0.29) is 36.8 Å². The first kappa shape index (κ1) is 20.2. The largest absolute Gasteiger partial charge is 0.337 e. The highest BCUT2D eigenvalue weighted by Crippen LogP contribution is 2.26. The van der Waals surface area contributed by atoms with Gasteiger partial charge in [-0.1, -0.05) is 30.3 Å². The average Bonchev–Trinajstić information content (AvgIpc) is 2.94. The molecule has 1 aromatic rings. The lowest BCUT2D eigenvalue weighted by Gasteiger charge is -2.42. The summed E-state index contributed by atoms with van der Waals surface area (Å²) in [5.41, 5.74) is 7.24. The van der Waals surface area contributed by atoms with E-state index in [0.29, 0.717) is 18.5 Å². The molecular weight excluding hydrogens is 333 g/mol. The van der Waals surface area contributed by atoms with Crippen LogP contribution in [0, 0.1) is 0 Å². The molecule has 130 valence electrons. The molecule has 2 heterocycles. The number of nitrogens with zero attached hydrogens (tertiary/aromatic N) is 2. The van der Waals surface area contributed by atoms with Crippen LogP contribution in [0.1, 0.15) is 37.8 Å². The number of carbonyl (C=O) groups is 1. The Hall–Kier alpha value is -0.810. The van der Waals surface area contributed by atoms with Crippen molar-refractivity contribution in [3.63, 3.8) is 0 Å². The van der Waals surface area contributed by atoms with Crippen LogP contribution in [0.4, 0.5) is 0 Å². The molecule has 3 rings (SSSR count). The van der Waals surface area contributed by atoms with E-state index in [1.165, 1.54) is 19.4 Å². The third-order valence-electron chi connectivity index (χ3n) is 4.88. The summed E-state index contributed by atoms with van der Waals surface area (Å²) in [6.07, 6.45) is 2.89. The molecular formula is C17H27Cl2N3O. The van der Waals surface area contributed by atoms with E-state index in [4.69, 9.17) is 5.73 Å². The van der Waals surface area contributed by atoms with Crippen molar-refractivity contribution in [1.29, 1.82) is 0 Å². The predicted molar refractivity (Wildman–Crippen MR) is 98.3 cm³/mol. The molecule has 6 heteroatoms. The van der Waals surface area contributed by atoms with E-state index in [1.54, 1.807) is 0 Å². The Kier molecular flexibility index (Phi) is 7.81. The van der Waals surface area contributed by atoms with E-state index in [9.17, 15) is 4.79 Å². The SMILES string of the molecule is CC1CN2CCCC2CN1C(=O)CC(N)c1ccccc1.Cl.Cl. The van der Waals surface area contributed by atoms with Gasteiger partial charge in [0.2, 0.25) is 5.91 Å². The van der Waals surface area contributed by atoms with Crippen LogP contribution in [0.2, 0.25) is 0 Å². The molecule has 0 radical (unpaired) electrons. The van der Waals surface area contributed by atoms with Gasteiger partial charge in [-0.05, 0) is 31.9 Å². The molecule has 1 amide bonds. The molecule has 2 aliphatic rings. The second kappa shape index (κ2) is 8.88. The zero-order chi connectivity index (χ0) is 14.8. The van der Waals surface area contributed by atoms with Crippen LogP contribution in [0.5, 0.6) is 0 Å².